The molecule has 3 amide bonds. The summed E-state index contributed by atoms with van der Waals surface area (Å²) in [4.78, 5) is 26.2. The number of carbonyl (C=O) groups is 2. The largest absolute Gasteiger partial charge is 0.381 e. The number of nitrogens with zero attached hydrogens (tertiary/aromatic N) is 1. The molecule has 3 N–H and O–H groups in total. The SMILES string of the molecule is COC1CC([C@@H](c2ccc(F)c(Cl)c2F)C2(C)C(=O)NCCN2C(N)=O)C1. The lowest BCUT2D eigenvalue weighted by molar-refractivity contribution is -0.138. The summed E-state index contributed by atoms with van der Waals surface area (Å²) in [5, 5.41) is 2.10. The van der Waals surface area contributed by atoms with Crippen LogP contribution in [0, 0.1) is 17.6 Å². The van der Waals surface area contributed by atoms with Gasteiger partial charge in [-0.25, -0.2) is 13.6 Å². The van der Waals surface area contributed by atoms with Gasteiger partial charge < -0.3 is 20.7 Å². The van der Waals surface area contributed by atoms with E-state index in [4.69, 9.17) is 22.1 Å². The van der Waals surface area contributed by atoms with Crippen molar-refractivity contribution < 1.29 is 23.1 Å². The Morgan fingerprint density at radius 3 is 2.70 bits per heavy atom. The van der Waals surface area contributed by atoms with Crippen molar-refractivity contribution in [2.24, 2.45) is 11.7 Å². The highest BCUT2D eigenvalue weighted by Crippen LogP contribution is 2.50. The van der Waals surface area contributed by atoms with Gasteiger partial charge in [-0.3, -0.25) is 4.79 Å². The van der Waals surface area contributed by atoms with Gasteiger partial charge in [0, 0.05) is 26.1 Å². The number of ether oxygens (including phenoxy) is 1. The number of rotatable bonds is 4. The van der Waals surface area contributed by atoms with E-state index in [1.165, 1.54) is 11.0 Å². The minimum atomic E-state index is -1.44. The highest BCUT2D eigenvalue weighted by molar-refractivity contribution is 6.31. The fourth-order valence-electron chi connectivity index (χ4n) is 4.33. The second-order valence-corrected chi connectivity index (χ2v) is 7.60. The van der Waals surface area contributed by atoms with Crippen LogP contribution in [0.15, 0.2) is 12.1 Å². The average Bonchev–Trinajstić information content (AvgIpc) is 2.58. The molecule has 0 radical (unpaired) electrons. The maximum absolute atomic E-state index is 14.9. The molecule has 3 rings (SSSR count). The molecule has 9 heteroatoms. The molecule has 1 saturated heterocycles. The van der Waals surface area contributed by atoms with Crippen molar-refractivity contribution in [3.8, 4) is 0 Å². The van der Waals surface area contributed by atoms with Crippen molar-refractivity contribution in [3.05, 3.63) is 34.4 Å². The van der Waals surface area contributed by atoms with Crippen molar-refractivity contribution >= 4 is 23.5 Å². The van der Waals surface area contributed by atoms with Crippen LogP contribution in [0.5, 0.6) is 0 Å². The van der Waals surface area contributed by atoms with Crippen LogP contribution in [0.3, 0.4) is 0 Å². The molecule has 1 saturated carbocycles. The summed E-state index contributed by atoms with van der Waals surface area (Å²) in [7, 11) is 1.58. The molecule has 6 nitrogen and oxygen atoms in total. The molecule has 1 aromatic rings. The van der Waals surface area contributed by atoms with Crippen LogP contribution in [0.4, 0.5) is 13.6 Å². The zero-order valence-electron chi connectivity index (χ0n) is 15.1. The fraction of sp³-hybridized carbons (Fsp3) is 0.556. The lowest BCUT2D eigenvalue weighted by atomic mass is 9.62. The monoisotopic (exact) mass is 401 g/mol. The van der Waals surface area contributed by atoms with Crippen molar-refractivity contribution in [1.82, 2.24) is 10.2 Å². The van der Waals surface area contributed by atoms with Crippen LogP contribution < -0.4 is 11.1 Å². The standard InChI is InChI=1S/C18H22ClF2N3O3/c1-18(16(25)23-5-6-24(18)17(22)26)13(9-7-10(8-9)27-2)11-3-4-12(20)14(19)15(11)21/h3-4,9-10,13H,5-8H2,1-2H3,(H2,22,26)(H,23,25)/t9?,10?,13-,18?/m0/s1. The Hall–Kier alpha value is -1.93. The topological polar surface area (TPSA) is 84.7 Å². The summed E-state index contributed by atoms with van der Waals surface area (Å²) in [5.41, 5.74) is 4.18. The number of primary amides is 1. The van der Waals surface area contributed by atoms with Crippen molar-refractivity contribution in [2.45, 2.75) is 37.3 Å². The van der Waals surface area contributed by atoms with Crippen molar-refractivity contribution in [2.75, 3.05) is 20.2 Å². The molecule has 1 aromatic carbocycles. The van der Waals surface area contributed by atoms with Gasteiger partial charge in [0.2, 0.25) is 5.91 Å². The second kappa shape index (κ2) is 7.24. The number of piperazine rings is 1. The molecule has 1 aliphatic heterocycles. The molecule has 1 heterocycles. The first-order valence-electron chi connectivity index (χ1n) is 8.73. The third-order valence-electron chi connectivity index (χ3n) is 5.85. The second-order valence-electron chi connectivity index (χ2n) is 7.22. The molecule has 2 atom stereocenters. The first kappa shape index (κ1) is 19.8. The minimum absolute atomic E-state index is 0.0197. The van der Waals surface area contributed by atoms with Gasteiger partial charge in [0.25, 0.3) is 0 Å². The molecule has 148 valence electrons. The van der Waals surface area contributed by atoms with Gasteiger partial charge in [-0.2, -0.15) is 0 Å². The average molecular weight is 402 g/mol. The first-order valence-corrected chi connectivity index (χ1v) is 9.11. The number of hydrogen-bond acceptors (Lipinski definition) is 3. The number of methoxy groups -OCH3 is 1. The van der Waals surface area contributed by atoms with E-state index in [9.17, 15) is 18.4 Å². The maximum atomic E-state index is 14.9. The van der Waals surface area contributed by atoms with Gasteiger partial charge >= 0.3 is 6.03 Å². The minimum Gasteiger partial charge on any atom is -0.381 e. The predicted molar refractivity (Wildman–Crippen MR) is 95.3 cm³/mol. The van der Waals surface area contributed by atoms with Gasteiger partial charge in [-0.05, 0) is 37.3 Å². The Morgan fingerprint density at radius 2 is 2.11 bits per heavy atom. The van der Waals surface area contributed by atoms with E-state index in [0.717, 1.165) is 6.07 Å². The van der Waals surface area contributed by atoms with Gasteiger partial charge in [0.05, 0.1) is 6.10 Å². The number of benzene rings is 1. The van der Waals surface area contributed by atoms with E-state index in [1.807, 2.05) is 0 Å². The summed E-state index contributed by atoms with van der Waals surface area (Å²) in [6, 6.07) is 1.58. The van der Waals surface area contributed by atoms with E-state index in [1.54, 1.807) is 14.0 Å². The molecule has 1 aliphatic carbocycles. The van der Waals surface area contributed by atoms with Gasteiger partial charge in [-0.15, -0.1) is 0 Å². The number of urea groups is 1. The molecule has 0 bridgehead atoms. The number of amides is 3. The van der Waals surface area contributed by atoms with Crippen LogP contribution in [-0.2, 0) is 9.53 Å². The zero-order chi connectivity index (χ0) is 19.9. The van der Waals surface area contributed by atoms with Gasteiger partial charge in [-0.1, -0.05) is 17.7 Å². The summed E-state index contributed by atoms with van der Waals surface area (Å²) in [6.07, 6.45) is 1.13. The molecule has 27 heavy (non-hydrogen) atoms. The Morgan fingerprint density at radius 1 is 1.44 bits per heavy atom. The number of nitrogens with two attached hydrogens (primary N) is 1. The maximum Gasteiger partial charge on any atom is 0.315 e. The lowest BCUT2D eigenvalue weighted by Crippen LogP contribution is -2.69. The number of nitrogens with one attached hydrogen (secondary N) is 1. The smallest absolute Gasteiger partial charge is 0.315 e. The molecule has 2 fully saturated rings. The van der Waals surface area contributed by atoms with Crippen molar-refractivity contribution in [3.63, 3.8) is 0 Å². The molecule has 2 aliphatic rings. The van der Waals surface area contributed by atoms with Crippen LogP contribution >= 0.6 is 11.6 Å². The highest BCUT2D eigenvalue weighted by atomic mass is 35.5. The van der Waals surface area contributed by atoms with Crippen LogP contribution in [0.25, 0.3) is 0 Å². The quantitative estimate of drug-likeness (QED) is 0.760. The van der Waals surface area contributed by atoms with E-state index >= 15 is 0 Å². The summed E-state index contributed by atoms with van der Waals surface area (Å²) >= 11 is 5.79. The summed E-state index contributed by atoms with van der Waals surface area (Å²) in [5.74, 6) is -3.16. The van der Waals surface area contributed by atoms with Gasteiger partial charge in [0.1, 0.15) is 22.2 Å². The van der Waals surface area contributed by atoms with Crippen LogP contribution in [0.1, 0.15) is 31.2 Å². The lowest BCUT2D eigenvalue weighted by Gasteiger charge is -2.52. The number of hydrogen-bond donors (Lipinski definition) is 2. The van der Waals surface area contributed by atoms with Crippen LogP contribution in [-0.4, -0.2) is 48.7 Å². The molecule has 1 unspecified atom stereocenters. The van der Waals surface area contributed by atoms with Crippen LogP contribution in [0.2, 0.25) is 5.02 Å². The molecule has 0 spiro atoms. The number of carbonyl (C=O) groups excluding carboxylic acids is 2. The third kappa shape index (κ3) is 3.14. The molecular formula is C18H22ClF2N3O3. The third-order valence-corrected chi connectivity index (χ3v) is 6.20. The zero-order valence-corrected chi connectivity index (χ0v) is 15.9. The van der Waals surface area contributed by atoms with E-state index in [2.05, 4.69) is 5.32 Å². The fourth-order valence-corrected chi connectivity index (χ4v) is 4.50. The Labute approximate surface area is 161 Å². The normalized spacial score (nSPS) is 29.1. The molecule has 0 aromatic heterocycles. The molecular weight excluding hydrogens is 380 g/mol. The summed E-state index contributed by atoms with van der Waals surface area (Å²) in [6.45, 7) is 2.01. The predicted octanol–water partition coefficient (Wildman–Crippen LogP) is 2.40. The van der Waals surface area contributed by atoms with E-state index < -0.39 is 40.1 Å². The van der Waals surface area contributed by atoms with E-state index in [-0.39, 0.29) is 30.7 Å². The summed E-state index contributed by atoms with van der Waals surface area (Å²) < 4.78 is 33.9. The Balaban J connectivity index is 2.14. The Kier molecular flexibility index (Phi) is 5.31. The van der Waals surface area contributed by atoms with E-state index in [0.29, 0.717) is 12.8 Å². The first-order chi connectivity index (χ1) is 12.7. The Bertz CT molecular complexity index is 772. The van der Waals surface area contributed by atoms with Crippen molar-refractivity contribution in [1.29, 1.82) is 0 Å². The van der Waals surface area contributed by atoms with Gasteiger partial charge in [0.15, 0.2) is 0 Å². The highest BCUT2D eigenvalue weighted by Gasteiger charge is 2.56. The number of halogens is 3.